The van der Waals surface area contributed by atoms with E-state index in [0.29, 0.717) is 18.9 Å². The minimum absolute atomic E-state index is 0.281. The molecule has 0 saturated heterocycles. The summed E-state index contributed by atoms with van der Waals surface area (Å²) in [5.74, 6) is 1.19. The van der Waals surface area contributed by atoms with Gasteiger partial charge in [-0.25, -0.2) is 0 Å². The number of hydrogen-bond donors (Lipinski definition) is 0. The summed E-state index contributed by atoms with van der Waals surface area (Å²) < 4.78 is 1.94. The van der Waals surface area contributed by atoms with E-state index in [1.54, 1.807) is 11.8 Å². The molecular formula is C12H20N2OS. The zero-order valence-electron chi connectivity index (χ0n) is 10.3. The van der Waals surface area contributed by atoms with Crippen LogP contribution in [0.5, 0.6) is 0 Å². The maximum atomic E-state index is 11.6. The standard InChI is InChI=1S/C12H20N2OS/c1-4-10(2)14-7-5-11(13-14)9-12(15)6-8-16-3/h5,7,10H,4,6,8-9H2,1-3H3. The molecule has 0 radical (unpaired) electrons. The van der Waals surface area contributed by atoms with Crippen LogP contribution in [0.3, 0.4) is 0 Å². The first-order chi connectivity index (χ1) is 7.67. The largest absolute Gasteiger partial charge is 0.299 e. The average Bonchev–Trinajstić information content (AvgIpc) is 2.73. The quantitative estimate of drug-likeness (QED) is 0.735. The Morgan fingerprint density at radius 3 is 3.00 bits per heavy atom. The number of thioether (sulfide) groups is 1. The Hall–Kier alpha value is -0.770. The van der Waals surface area contributed by atoms with Crippen molar-refractivity contribution in [3.05, 3.63) is 18.0 Å². The summed E-state index contributed by atoms with van der Waals surface area (Å²) in [6.45, 7) is 4.27. The lowest BCUT2D eigenvalue weighted by Crippen LogP contribution is -2.08. The summed E-state index contributed by atoms with van der Waals surface area (Å²) in [6.07, 6.45) is 6.17. The average molecular weight is 240 g/mol. The minimum atomic E-state index is 0.281. The van der Waals surface area contributed by atoms with Gasteiger partial charge in [-0.05, 0) is 31.4 Å². The molecule has 0 aliphatic rings. The van der Waals surface area contributed by atoms with Crippen molar-refractivity contribution in [1.82, 2.24) is 9.78 Å². The van der Waals surface area contributed by atoms with Gasteiger partial charge in [0.1, 0.15) is 5.78 Å². The van der Waals surface area contributed by atoms with E-state index in [4.69, 9.17) is 0 Å². The first kappa shape index (κ1) is 13.3. The SMILES string of the molecule is CCC(C)n1ccc(CC(=O)CCSC)n1. The van der Waals surface area contributed by atoms with Crippen molar-refractivity contribution in [2.45, 2.75) is 39.2 Å². The number of hydrogen-bond acceptors (Lipinski definition) is 3. The molecule has 1 heterocycles. The Morgan fingerprint density at radius 2 is 2.38 bits per heavy atom. The summed E-state index contributed by atoms with van der Waals surface area (Å²) in [6, 6.07) is 2.36. The van der Waals surface area contributed by atoms with Crippen molar-refractivity contribution >= 4 is 17.5 Å². The van der Waals surface area contributed by atoms with Gasteiger partial charge in [-0.15, -0.1) is 0 Å². The van der Waals surface area contributed by atoms with E-state index < -0.39 is 0 Å². The Labute approximate surface area is 102 Å². The highest BCUT2D eigenvalue weighted by molar-refractivity contribution is 7.98. The van der Waals surface area contributed by atoms with Crippen LogP contribution in [-0.2, 0) is 11.2 Å². The summed E-state index contributed by atoms with van der Waals surface area (Å²) in [5, 5.41) is 4.42. The predicted octanol–water partition coefficient (Wildman–Crippen LogP) is 2.72. The van der Waals surface area contributed by atoms with Crippen LogP contribution in [0.4, 0.5) is 0 Å². The fourth-order valence-electron chi connectivity index (χ4n) is 1.41. The van der Waals surface area contributed by atoms with Crippen molar-refractivity contribution in [3.63, 3.8) is 0 Å². The predicted molar refractivity (Wildman–Crippen MR) is 68.9 cm³/mol. The molecule has 0 aliphatic heterocycles. The molecule has 1 atom stereocenters. The summed E-state index contributed by atoms with van der Waals surface area (Å²) >= 11 is 1.71. The third-order valence-electron chi connectivity index (χ3n) is 2.67. The molecule has 0 amide bonds. The fourth-order valence-corrected chi connectivity index (χ4v) is 1.84. The normalized spacial score (nSPS) is 12.7. The van der Waals surface area contributed by atoms with Crippen LogP contribution < -0.4 is 0 Å². The molecule has 0 fully saturated rings. The highest BCUT2D eigenvalue weighted by atomic mass is 32.2. The zero-order valence-corrected chi connectivity index (χ0v) is 11.1. The van der Waals surface area contributed by atoms with Gasteiger partial charge in [-0.1, -0.05) is 6.92 Å². The van der Waals surface area contributed by atoms with Gasteiger partial charge in [0.15, 0.2) is 0 Å². The van der Waals surface area contributed by atoms with E-state index >= 15 is 0 Å². The molecule has 3 nitrogen and oxygen atoms in total. The highest BCUT2D eigenvalue weighted by Crippen LogP contribution is 2.10. The lowest BCUT2D eigenvalue weighted by Gasteiger charge is -2.07. The summed E-state index contributed by atoms with van der Waals surface area (Å²) in [4.78, 5) is 11.6. The Kier molecular flexibility index (Phi) is 5.60. The van der Waals surface area contributed by atoms with Gasteiger partial charge in [-0.2, -0.15) is 16.9 Å². The first-order valence-corrected chi connectivity index (χ1v) is 7.11. The maximum absolute atomic E-state index is 11.6. The third-order valence-corrected chi connectivity index (χ3v) is 3.28. The van der Waals surface area contributed by atoms with Crippen molar-refractivity contribution in [1.29, 1.82) is 0 Å². The Balaban J connectivity index is 2.48. The van der Waals surface area contributed by atoms with Gasteiger partial charge in [0.25, 0.3) is 0 Å². The molecule has 1 rings (SSSR count). The molecule has 16 heavy (non-hydrogen) atoms. The van der Waals surface area contributed by atoms with Crippen LogP contribution in [0.15, 0.2) is 12.3 Å². The second kappa shape index (κ2) is 6.74. The third kappa shape index (κ3) is 4.00. The zero-order chi connectivity index (χ0) is 12.0. The smallest absolute Gasteiger partial charge is 0.139 e. The number of Topliss-reactive ketones (excluding diaryl/α,β-unsaturated/α-hetero) is 1. The molecule has 1 aromatic rings. The monoisotopic (exact) mass is 240 g/mol. The summed E-state index contributed by atoms with van der Waals surface area (Å²) in [5.41, 5.74) is 0.895. The molecular weight excluding hydrogens is 220 g/mol. The molecule has 0 saturated carbocycles. The fraction of sp³-hybridized carbons (Fsp3) is 0.667. The van der Waals surface area contributed by atoms with E-state index in [0.717, 1.165) is 17.9 Å². The summed E-state index contributed by atoms with van der Waals surface area (Å²) in [7, 11) is 0. The second-order valence-corrected chi connectivity index (χ2v) is 4.99. The van der Waals surface area contributed by atoms with Gasteiger partial charge in [0.2, 0.25) is 0 Å². The molecule has 90 valence electrons. The Bertz CT molecular complexity index is 336. The highest BCUT2D eigenvalue weighted by Gasteiger charge is 2.08. The number of ketones is 1. The van der Waals surface area contributed by atoms with Gasteiger partial charge >= 0.3 is 0 Å². The van der Waals surface area contributed by atoms with E-state index in [-0.39, 0.29) is 5.78 Å². The van der Waals surface area contributed by atoms with E-state index in [2.05, 4.69) is 18.9 Å². The molecule has 0 spiro atoms. The molecule has 4 heteroatoms. The van der Waals surface area contributed by atoms with E-state index in [9.17, 15) is 4.79 Å². The first-order valence-electron chi connectivity index (χ1n) is 5.72. The van der Waals surface area contributed by atoms with Crippen LogP contribution in [0, 0.1) is 0 Å². The minimum Gasteiger partial charge on any atom is -0.299 e. The number of carbonyl (C=O) groups is 1. The topological polar surface area (TPSA) is 34.9 Å². The molecule has 0 bridgehead atoms. The lowest BCUT2D eigenvalue weighted by atomic mass is 10.2. The van der Waals surface area contributed by atoms with Crippen molar-refractivity contribution in [2.24, 2.45) is 0 Å². The van der Waals surface area contributed by atoms with Gasteiger partial charge < -0.3 is 0 Å². The van der Waals surface area contributed by atoms with Crippen molar-refractivity contribution in [3.8, 4) is 0 Å². The van der Waals surface area contributed by atoms with E-state index in [1.165, 1.54) is 0 Å². The van der Waals surface area contributed by atoms with Crippen LogP contribution in [0.25, 0.3) is 0 Å². The number of rotatable bonds is 7. The molecule has 0 aromatic carbocycles. The van der Waals surface area contributed by atoms with Gasteiger partial charge in [-0.3, -0.25) is 9.48 Å². The van der Waals surface area contributed by atoms with Crippen LogP contribution in [0.1, 0.15) is 38.4 Å². The Morgan fingerprint density at radius 1 is 1.62 bits per heavy atom. The maximum Gasteiger partial charge on any atom is 0.139 e. The van der Waals surface area contributed by atoms with Crippen molar-refractivity contribution in [2.75, 3.05) is 12.0 Å². The van der Waals surface area contributed by atoms with Crippen molar-refractivity contribution < 1.29 is 4.79 Å². The van der Waals surface area contributed by atoms with Gasteiger partial charge in [0.05, 0.1) is 12.1 Å². The number of carbonyl (C=O) groups excluding carboxylic acids is 1. The van der Waals surface area contributed by atoms with Crippen LogP contribution in [-0.4, -0.2) is 27.6 Å². The molecule has 0 aliphatic carbocycles. The molecule has 0 N–H and O–H groups in total. The number of aromatic nitrogens is 2. The van der Waals surface area contributed by atoms with E-state index in [1.807, 2.05) is 23.2 Å². The lowest BCUT2D eigenvalue weighted by molar-refractivity contribution is -0.118. The van der Waals surface area contributed by atoms with Gasteiger partial charge in [0, 0.05) is 18.7 Å². The molecule has 1 unspecified atom stereocenters. The van der Waals surface area contributed by atoms with Crippen LogP contribution >= 0.6 is 11.8 Å². The van der Waals surface area contributed by atoms with Crippen LogP contribution in [0.2, 0.25) is 0 Å². The molecule has 1 aromatic heterocycles. The number of nitrogens with zero attached hydrogens (tertiary/aromatic N) is 2. The second-order valence-electron chi connectivity index (χ2n) is 4.00.